The quantitative estimate of drug-likeness (QED) is 0.289. The van der Waals surface area contributed by atoms with Crippen LogP contribution in [-0.2, 0) is 0 Å². The minimum atomic E-state index is -1.14. The van der Waals surface area contributed by atoms with Crippen LogP contribution < -0.4 is 4.74 Å². The normalized spacial score (nSPS) is 11.0. The molecule has 0 aliphatic heterocycles. The van der Waals surface area contributed by atoms with Crippen molar-refractivity contribution < 1.29 is 19.0 Å². The largest absolute Gasteiger partial charge is 0.494 e. The summed E-state index contributed by atoms with van der Waals surface area (Å²) >= 11 is 0. The number of carboxylic acids is 1. The topological polar surface area (TPSA) is 72.3 Å². The van der Waals surface area contributed by atoms with Crippen LogP contribution in [0.3, 0.4) is 0 Å². The second-order valence-electron chi connectivity index (χ2n) is 7.89. The Morgan fingerprint density at radius 1 is 0.939 bits per heavy atom. The monoisotopic (exact) mass is 444 g/mol. The Kier molecular flexibility index (Phi) is 6.93. The molecule has 2 aromatic carbocycles. The zero-order valence-corrected chi connectivity index (χ0v) is 18.4. The first-order valence-corrected chi connectivity index (χ1v) is 11.1. The first-order chi connectivity index (χ1) is 16.0. The van der Waals surface area contributed by atoms with Crippen molar-refractivity contribution in [2.45, 2.75) is 32.6 Å². The number of rotatable bonds is 9. The second-order valence-corrected chi connectivity index (χ2v) is 7.89. The Morgan fingerprint density at radius 3 is 2.42 bits per heavy atom. The van der Waals surface area contributed by atoms with Crippen molar-refractivity contribution in [3.8, 4) is 28.3 Å². The number of hydrogen-bond acceptors (Lipinski definition) is 4. The van der Waals surface area contributed by atoms with E-state index in [0.29, 0.717) is 16.9 Å². The van der Waals surface area contributed by atoms with Gasteiger partial charge >= 0.3 is 5.97 Å². The first-order valence-electron chi connectivity index (χ1n) is 11.1. The van der Waals surface area contributed by atoms with E-state index in [1.807, 2.05) is 30.3 Å². The number of ether oxygens (including phenoxy) is 1. The van der Waals surface area contributed by atoms with Gasteiger partial charge in [0.25, 0.3) is 0 Å². The minimum Gasteiger partial charge on any atom is -0.494 e. The Labute approximate surface area is 191 Å². The van der Waals surface area contributed by atoms with Crippen molar-refractivity contribution in [2.24, 2.45) is 0 Å². The SMILES string of the molecule is CCCCCCOc1ccc(-c2ccc(-c3cc(C(=O)O)c4cc(F)ccc4n3)nc2)cc1. The third kappa shape index (κ3) is 5.34. The van der Waals surface area contributed by atoms with Crippen LogP contribution in [0.25, 0.3) is 33.4 Å². The molecule has 2 heterocycles. The van der Waals surface area contributed by atoms with Gasteiger partial charge in [0.05, 0.1) is 29.1 Å². The number of carbonyl (C=O) groups is 1. The molecule has 2 aromatic heterocycles. The van der Waals surface area contributed by atoms with Gasteiger partial charge in [-0.3, -0.25) is 4.98 Å². The molecule has 33 heavy (non-hydrogen) atoms. The summed E-state index contributed by atoms with van der Waals surface area (Å²) < 4.78 is 19.4. The number of pyridine rings is 2. The summed E-state index contributed by atoms with van der Waals surface area (Å²) in [5, 5.41) is 9.83. The molecular formula is C27H25FN2O3. The minimum absolute atomic E-state index is 0.00865. The summed E-state index contributed by atoms with van der Waals surface area (Å²) in [6, 6.07) is 17.0. The van der Waals surface area contributed by atoms with Crippen molar-refractivity contribution in [1.82, 2.24) is 9.97 Å². The highest BCUT2D eigenvalue weighted by Gasteiger charge is 2.14. The van der Waals surface area contributed by atoms with E-state index in [1.165, 1.54) is 43.5 Å². The summed E-state index contributed by atoms with van der Waals surface area (Å²) in [4.78, 5) is 20.7. The zero-order valence-electron chi connectivity index (χ0n) is 18.4. The van der Waals surface area contributed by atoms with E-state index in [-0.39, 0.29) is 10.9 Å². The van der Waals surface area contributed by atoms with Crippen molar-refractivity contribution in [3.05, 3.63) is 78.2 Å². The van der Waals surface area contributed by atoms with Crippen LogP contribution in [0.1, 0.15) is 43.0 Å². The van der Waals surface area contributed by atoms with Crippen LogP contribution in [0.5, 0.6) is 5.75 Å². The highest BCUT2D eigenvalue weighted by atomic mass is 19.1. The second kappa shape index (κ2) is 10.2. The van der Waals surface area contributed by atoms with E-state index < -0.39 is 11.8 Å². The molecule has 1 N–H and O–H groups in total. The van der Waals surface area contributed by atoms with Crippen molar-refractivity contribution in [2.75, 3.05) is 6.61 Å². The van der Waals surface area contributed by atoms with E-state index in [0.717, 1.165) is 29.9 Å². The molecule has 0 fully saturated rings. The molecular weight excluding hydrogens is 419 g/mol. The van der Waals surface area contributed by atoms with Crippen molar-refractivity contribution in [3.63, 3.8) is 0 Å². The van der Waals surface area contributed by atoms with Gasteiger partial charge < -0.3 is 9.84 Å². The third-order valence-corrected chi connectivity index (χ3v) is 5.48. The van der Waals surface area contributed by atoms with Crippen LogP contribution in [0.15, 0.2) is 66.9 Å². The zero-order chi connectivity index (χ0) is 23.2. The van der Waals surface area contributed by atoms with Gasteiger partial charge in [-0.25, -0.2) is 14.2 Å². The maximum absolute atomic E-state index is 13.6. The summed E-state index contributed by atoms with van der Waals surface area (Å²) in [7, 11) is 0. The van der Waals surface area contributed by atoms with Crippen LogP contribution in [0.4, 0.5) is 4.39 Å². The number of hydrogen-bond donors (Lipinski definition) is 1. The summed E-state index contributed by atoms with van der Waals surface area (Å²) in [5.41, 5.74) is 3.28. The summed E-state index contributed by atoms with van der Waals surface area (Å²) in [6.07, 6.45) is 6.41. The van der Waals surface area contributed by atoms with E-state index >= 15 is 0 Å². The van der Waals surface area contributed by atoms with E-state index in [4.69, 9.17) is 4.74 Å². The molecule has 0 radical (unpaired) electrons. The lowest BCUT2D eigenvalue weighted by Crippen LogP contribution is -2.01. The van der Waals surface area contributed by atoms with Crippen LogP contribution in [0, 0.1) is 5.82 Å². The molecule has 5 nitrogen and oxygen atoms in total. The summed E-state index contributed by atoms with van der Waals surface area (Å²) in [5.74, 6) is -0.800. The smallest absolute Gasteiger partial charge is 0.336 e. The number of unbranched alkanes of at least 4 members (excludes halogenated alkanes) is 3. The lowest BCUT2D eigenvalue weighted by atomic mass is 10.0. The first kappa shape index (κ1) is 22.4. The molecule has 4 rings (SSSR count). The maximum Gasteiger partial charge on any atom is 0.336 e. The van der Waals surface area contributed by atoms with Gasteiger partial charge in [-0.05, 0) is 54.4 Å². The average molecular weight is 445 g/mol. The number of nitrogens with zero attached hydrogens (tertiary/aromatic N) is 2. The summed E-state index contributed by atoms with van der Waals surface area (Å²) in [6.45, 7) is 2.91. The third-order valence-electron chi connectivity index (χ3n) is 5.48. The number of halogens is 1. The van der Waals surface area contributed by atoms with Crippen LogP contribution in [0.2, 0.25) is 0 Å². The fourth-order valence-corrected chi connectivity index (χ4v) is 3.68. The van der Waals surface area contributed by atoms with Crippen molar-refractivity contribution in [1.29, 1.82) is 0 Å². The van der Waals surface area contributed by atoms with Gasteiger partial charge in [-0.2, -0.15) is 0 Å². The number of benzene rings is 2. The molecule has 0 aliphatic carbocycles. The van der Waals surface area contributed by atoms with Gasteiger partial charge in [0, 0.05) is 17.1 Å². The predicted molar refractivity (Wildman–Crippen MR) is 127 cm³/mol. The fourth-order valence-electron chi connectivity index (χ4n) is 3.68. The molecule has 0 amide bonds. The molecule has 0 saturated heterocycles. The molecule has 0 atom stereocenters. The number of aromatic nitrogens is 2. The van der Waals surface area contributed by atoms with Gasteiger partial charge in [0.1, 0.15) is 11.6 Å². The molecule has 0 saturated carbocycles. The van der Waals surface area contributed by atoms with Gasteiger partial charge in [0.15, 0.2) is 0 Å². The molecule has 0 aliphatic rings. The highest BCUT2D eigenvalue weighted by Crippen LogP contribution is 2.27. The molecule has 6 heteroatoms. The van der Waals surface area contributed by atoms with E-state index in [9.17, 15) is 14.3 Å². The standard InChI is InChI=1S/C27H25FN2O3/c1-2-3-4-5-14-33-21-10-6-18(7-11-21)19-8-12-25(29-17-19)26-16-23(27(31)32)22-15-20(28)9-13-24(22)30-26/h6-13,15-17H,2-5,14H2,1H3,(H,31,32). The lowest BCUT2D eigenvalue weighted by Gasteiger charge is -2.09. The van der Waals surface area contributed by atoms with Gasteiger partial charge in [-0.1, -0.05) is 44.4 Å². The molecule has 4 aromatic rings. The van der Waals surface area contributed by atoms with Gasteiger partial charge in [0.2, 0.25) is 0 Å². The van der Waals surface area contributed by atoms with Crippen LogP contribution >= 0.6 is 0 Å². The number of carboxylic acid groups (broad SMARTS) is 1. The van der Waals surface area contributed by atoms with E-state index in [2.05, 4.69) is 16.9 Å². The lowest BCUT2D eigenvalue weighted by molar-refractivity contribution is 0.0699. The molecule has 0 bridgehead atoms. The van der Waals surface area contributed by atoms with Gasteiger partial charge in [-0.15, -0.1) is 0 Å². The highest BCUT2D eigenvalue weighted by molar-refractivity contribution is 6.03. The van der Waals surface area contributed by atoms with Crippen LogP contribution in [-0.4, -0.2) is 27.7 Å². The Balaban J connectivity index is 1.52. The number of fused-ring (bicyclic) bond motifs is 1. The Hall–Kier alpha value is -3.80. The Morgan fingerprint density at radius 2 is 1.73 bits per heavy atom. The molecule has 0 unspecified atom stereocenters. The predicted octanol–water partition coefficient (Wildman–Crippen LogP) is 6.76. The van der Waals surface area contributed by atoms with E-state index in [1.54, 1.807) is 12.3 Å². The fraction of sp³-hybridized carbons (Fsp3) is 0.222. The molecule has 168 valence electrons. The Bertz CT molecular complexity index is 1260. The van der Waals surface area contributed by atoms with Crippen molar-refractivity contribution >= 4 is 16.9 Å². The average Bonchev–Trinajstić information content (AvgIpc) is 2.83. The molecule has 0 spiro atoms. The maximum atomic E-state index is 13.6. The number of aromatic carboxylic acids is 1.